The number of methoxy groups -OCH3 is 1. The Hall–Kier alpha value is -2.69. The second-order valence-electron chi connectivity index (χ2n) is 4.45. The van der Waals surface area contributed by atoms with Gasteiger partial charge in [0.2, 0.25) is 0 Å². The van der Waals surface area contributed by atoms with Gasteiger partial charge in [-0.3, -0.25) is 4.79 Å². The van der Waals surface area contributed by atoms with Gasteiger partial charge in [-0.05, 0) is 29.8 Å². The Morgan fingerprint density at radius 3 is 2.62 bits per heavy atom. The van der Waals surface area contributed by atoms with Crippen molar-refractivity contribution < 1.29 is 14.3 Å². The topological polar surface area (TPSA) is 73.6 Å². The van der Waals surface area contributed by atoms with E-state index in [0.717, 1.165) is 5.56 Å². The van der Waals surface area contributed by atoms with Crippen LogP contribution in [0.4, 0.5) is 5.69 Å². The maximum absolute atomic E-state index is 11.7. The zero-order chi connectivity index (χ0) is 15.1. The molecule has 0 heterocycles. The van der Waals surface area contributed by atoms with E-state index in [2.05, 4.69) is 5.32 Å². The third-order valence-electron chi connectivity index (χ3n) is 2.90. The first kappa shape index (κ1) is 14.7. The number of anilines is 1. The first-order valence-corrected chi connectivity index (χ1v) is 6.56. The molecule has 0 spiro atoms. The third-order valence-corrected chi connectivity index (χ3v) is 2.90. The Bertz CT molecular complexity index is 600. The molecule has 2 aromatic carbocycles. The van der Waals surface area contributed by atoms with Crippen LogP contribution in [-0.4, -0.2) is 19.6 Å². The van der Waals surface area contributed by atoms with Crippen LogP contribution in [0.1, 0.15) is 5.56 Å². The molecule has 1 amide bonds. The van der Waals surface area contributed by atoms with E-state index in [9.17, 15) is 4.79 Å². The van der Waals surface area contributed by atoms with E-state index in [0.29, 0.717) is 23.7 Å². The third kappa shape index (κ3) is 4.42. The number of carbonyl (C=O) groups is 1. The van der Waals surface area contributed by atoms with Crippen molar-refractivity contribution in [3.8, 4) is 11.5 Å². The highest BCUT2D eigenvalue weighted by molar-refractivity contribution is 5.77. The van der Waals surface area contributed by atoms with Gasteiger partial charge in [-0.15, -0.1) is 0 Å². The summed E-state index contributed by atoms with van der Waals surface area (Å²) >= 11 is 0. The van der Waals surface area contributed by atoms with Crippen LogP contribution in [-0.2, 0) is 11.3 Å². The number of carbonyl (C=O) groups excluding carboxylic acids is 1. The van der Waals surface area contributed by atoms with Crippen molar-refractivity contribution in [2.75, 3.05) is 19.5 Å². The van der Waals surface area contributed by atoms with Gasteiger partial charge in [-0.25, -0.2) is 0 Å². The average molecular weight is 286 g/mol. The van der Waals surface area contributed by atoms with Gasteiger partial charge in [0.25, 0.3) is 5.91 Å². The lowest BCUT2D eigenvalue weighted by Crippen LogP contribution is -2.28. The number of hydrogen-bond acceptors (Lipinski definition) is 4. The molecule has 5 heteroatoms. The number of benzene rings is 2. The zero-order valence-electron chi connectivity index (χ0n) is 11.8. The molecule has 0 radical (unpaired) electrons. The fraction of sp³-hybridized carbons (Fsp3) is 0.188. The van der Waals surface area contributed by atoms with Crippen LogP contribution in [0.25, 0.3) is 0 Å². The predicted octanol–water partition coefficient (Wildman–Crippen LogP) is 1.97. The van der Waals surface area contributed by atoms with Gasteiger partial charge in [-0.1, -0.05) is 24.3 Å². The standard InChI is InChI=1S/C16H18N2O3/c1-20-15-8-7-12(9-14(15)17)10-18-16(19)11-21-13-5-3-2-4-6-13/h2-9H,10-11,17H2,1H3,(H,18,19). The summed E-state index contributed by atoms with van der Waals surface area (Å²) < 4.78 is 10.4. The van der Waals surface area contributed by atoms with Crippen LogP contribution < -0.4 is 20.5 Å². The van der Waals surface area contributed by atoms with E-state index < -0.39 is 0 Å². The van der Waals surface area contributed by atoms with Gasteiger partial charge in [0.15, 0.2) is 6.61 Å². The van der Waals surface area contributed by atoms with Gasteiger partial charge in [0.05, 0.1) is 12.8 Å². The van der Waals surface area contributed by atoms with Crippen LogP contribution in [0.5, 0.6) is 11.5 Å². The zero-order valence-corrected chi connectivity index (χ0v) is 11.8. The van der Waals surface area contributed by atoms with Gasteiger partial charge in [0.1, 0.15) is 11.5 Å². The summed E-state index contributed by atoms with van der Waals surface area (Å²) in [6, 6.07) is 14.6. The Morgan fingerprint density at radius 2 is 1.95 bits per heavy atom. The molecule has 110 valence electrons. The first-order valence-electron chi connectivity index (χ1n) is 6.56. The van der Waals surface area contributed by atoms with E-state index in [-0.39, 0.29) is 12.5 Å². The van der Waals surface area contributed by atoms with E-state index >= 15 is 0 Å². The number of nitrogen functional groups attached to an aromatic ring is 1. The Kier molecular flexibility index (Phi) is 5.04. The fourth-order valence-corrected chi connectivity index (χ4v) is 1.81. The molecular weight excluding hydrogens is 268 g/mol. The lowest BCUT2D eigenvalue weighted by atomic mass is 10.2. The van der Waals surface area contributed by atoms with Crippen LogP contribution in [0.15, 0.2) is 48.5 Å². The second kappa shape index (κ2) is 7.19. The molecule has 0 aliphatic heterocycles. The lowest BCUT2D eigenvalue weighted by Gasteiger charge is -2.09. The van der Waals surface area contributed by atoms with Crippen molar-refractivity contribution in [1.29, 1.82) is 0 Å². The van der Waals surface area contributed by atoms with Crippen LogP contribution >= 0.6 is 0 Å². The van der Waals surface area contributed by atoms with Gasteiger partial charge >= 0.3 is 0 Å². The van der Waals surface area contributed by atoms with Crippen LogP contribution in [0.2, 0.25) is 0 Å². The SMILES string of the molecule is COc1ccc(CNC(=O)COc2ccccc2)cc1N. The molecular formula is C16H18N2O3. The second-order valence-corrected chi connectivity index (χ2v) is 4.45. The molecule has 0 saturated heterocycles. The Labute approximate surface area is 123 Å². The minimum Gasteiger partial charge on any atom is -0.495 e. The molecule has 0 aliphatic rings. The maximum Gasteiger partial charge on any atom is 0.258 e. The van der Waals surface area contributed by atoms with Crippen molar-refractivity contribution >= 4 is 11.6 Å². The van der Waals surface area contributed by atoms with Crippen molar-refractivity contribution in [1.82, 2.24) is 5.32 Å². The summed E-state index contributed by atoms with van der Waals surface area (Å²) in [5.74, 6) is 1.10. The molecule has 0 unspecified atom stereocenters. The van der Waals surface area contributed by atoms with E-state index in [4.69, 9.17) is 15.2 Å². The van der Waals surface area contributed by atoms with E-state index in [1.54, 1.807) is 31.4 Å². The minimum absolute atomic E-state index is 0.0182. The van der Waals surface area contributed by atoms with Crippen molar-refractivity contribution in [3.05, 3.63) is 54.1 Å². The number of para-hydroxylation sites is 1. The maximum atomic E-state index is 11.7. The summed E-state index contributed by atoms with van der Waals surface area (Å²) in [5, 5.41) is 2.77. The molecule has 0 saturated carbocycles. The number of hydrogen-bond donors (Lipinski definition) is 2. The number of rotatable bonds is 6. The molecule has 0 atom stereocenters. The molecule has 2 aromatic rings. The van der Waals surface area contributed by atoms with E-state index in [1.165, 1.54) is 0 Å². The van der Waals surface area contributed by atoms with Crippen molar-refractivity contribution in [3.63, 3.8) is 0 Å². The molecule has 0 fully saturated rings. The number of amides is 1. The summed E-state index contributed by atoms with van der Waals surface area (Å²) in [4.78, 5) is 11.7. The highest BCUT2D eigenvalue weighted by Crippen LogP contribution is 2.21. The number of nitrogens with one attached hydrogen (secondary N) is 1. The monoisotopic (exact) mass is 286 g/mol. The highest BCUT2D eigenvalue weighted by Gasteiger charge is 2.04. The Morgan fingerprint density at radius 1 is 1.19 bits per heavy atom. The van der Waals surface area contributed by atoms with Crippen LogP contribution in [0.3, 0.4) is 0 Å². The molecule has 0 aromatic heterocycles. The molecule has 2 rings (SSSR count). The smallest absolute Gasteiger partial charge is 0.258 e. The Balaban J connectivity index is 1.80. The number of ether oxygens (including phenoxy) is 2. The van der Waals surface area contributed by atoms with Crippen molar-refractivity contribution in [2.24, 2.45) is 0 Å². The summed E-state index contributed by atoms with van der Waals surface area (Å²) in [7, 11) is 1.56. The highest BCUT2D eigenvalue weighted by atomic mass is 16.5. The van der Waals surface area contributed by atoms with Gasteiger partial charge in [0, 0.05) is 6.54 Å². The van der Waals surface area contributed by atoms with Gasteiger partial charge < -0.3 is 20.5 Å². The molecule has 3 N–H and O–H groups in total. The quantitative estimate of drug-likeness (QED) is 0.796. The summed E-state index contributed by atoms with van der Waals surface area (Å²) in [6.07, 6.45) is 0. The molecule has 5 nitrogen and oxygen atoms in total. The largest absolute Gasteiger partial charge is 0.495 e. The molecule has 21 heavy (non-hydrogen) atoms. The first-order chi connectivity index (χ1) is 10.2. The summed E-state index contributed by atoms with van der Waals surface area (Å²) in [5.41, 5.74) is 7.26. The number of nitrogens with two attached hydrogens (primary N) is 1. The predicted molar refractivity (Wildman–Crippen MR) is 81.2 cm³/mol. The average Bonchev–Trinajstić information content (AvgIpc) is 2.52. The lowest BCUT2D eigenvalue weighted by molar-refractivity contribution is -0.123. The van der Waals surface area contributed by atoms with Crippen molar-refractivity contribution in [2.45, 2.75) is 6.54 Å². The fourth-order valence-electron chi connectivity index (χ4n) is 1.81. The molecule has 0 bridgehead atoms. The van der Waals surface area contributed by atoms with Crippen LogP contribution in [0, 0.1) is 0 Å². The normalized spacial score (nSPS) is 9.95. The summed E-state index contributed by atoms with van der Waals surface area (Å²) in [6.45, 7) is 0.376. The van der Waals surface area contributed by atoms with Gasteiger partial charge in [-0.2, -0.15) is 0 Å². The minimum atomic E-state index is -0.187. The molecule has 0 aliphatic carbocycles. The van der Waals surface area contributed by atoms with E-state index in [1.807, 2.05) is 24.3 Å².